The summed E-state index contributed by atoms with van der Waals surface area (Å²) in [4.78, 5) is 32.3. The minimum Gasteiger partial charge on any atom is -0.497 e. The second-order valence-electron chi connectivity index (χ2n) is 8.02. The highest BCUT2D eigenvalue weighted by Gasteiger charge is 2.39. The Kier molecular flexibility index (Phi) is 8.22. The van der Waals surface area contributed by atoms with Crippen LogP contribution < -0.4 is 14.8 Å². The van der Waals surface area contributed by atoms with E-state index in [-0.39, 0.29) is 24.1 Å². The zero-order valence-electron chi connectivity index (χ0n) is 19.9. The second kappa shape index (κ2) is 11.7. The third-order valence-electron chi connectivity index (χ3n) is 5.61. The molecule has 186 valence electrons. The van der Waals surface area contributed by atoms with E-state index in [1.54, 1.807) is 42.3 Å². The number of anilines is 1. The third kappa shape index (κ3) is 6.23. The maximum Gasteiger partial charge on any atom is 0.242 e. The number of amides is 2. The number of nitrogens with one attached hydrogen (secondary N) is 1. The number of para-hydroxylation sites is 2. The molecule has 0 unspecified atom stereocenters. The highest BCUT2D eigenvalue weighted by molar-refractivity contribution is 8.15. The largest absolute Gasteiger partial charge is 0.497 e. The predicted molar refractivity (Wildman–Crippen MR) is 140 cm³/mol. The monoisotopic (exact) mass is 507 g/mol. The van der Waals surface area contributed by atoms with Crippen LogP contribution >= 0.6 is 11.8 Å². The van der Waals surface area contributed by atoms with E-state index in [0.29, 0.717) is 35.3 Å². The Hall–Kier alpha value is -3.85. The number of rotatable bonds is 9. The van der Waals surface area contributed by atoms with Crippen LogP contribution in [-0.2, 0) is 16.0 Å². The minimum atomic E-state index is -0.630. The second-order valence-corrected chi connectivity index (χ2v) is 9.19. The molecule has 0 aliphatic carbocycles. The van der Waals surface area contributed by atoms with Crippen molar-refractivity contribution >= 4 is 40.1 Å². The zero-order chi connectivity index (χ0) is 25.5. The van der Waals surface area contributed by atoms with Crippen molar-refractivity contribution in [1.29, 1.82) is 0 Å². The van der Waals surface area contributed by atoms with Crippen LogP contribution in [0.25, 0.3) is 0 Å². The Morgan fingerprint density at radius 2 is 1.75 bits per heavy atom. The average Bonchev–Trinajstić information content (AvgIpc) is 3.18. The molecule has 0 radical (unpaired) electrons. The van der Waals surface area contributed by atoms with Gasteiger partial charge in [0.05, 0.1) is 25.6 Å². The van der Waals surface area contributed by atoms with Crippen molar-refractivity contribution < 1.29 is 23.5 Å². The van der Waals surface area contributed by atoms with Crippen LogP contribution in [0.2, 0.25) is 0 Å². The van der Waals surface area contributed by atoms with E-state index < -0.39 is 5.25 Å². The van der Waals surface area contributed by atoms with Gasteiger partial charge < -0.3 is 14.8 Å². The number of hydrogen-bond acceptors (Lipinski definition) is 6. The van der Waals surface area contributed by atoms with Gasteiger partial charge in [-0.15, -0.1) is 0 Å². The van der Waals surface area contributed by atoms with Gasteiger partial charge in [0, 0.05) is 13.0 Å². The Balaban J connectivity index is 1.50. The number of benzene rings is 3. The highest BCUT2D eigenvalue weighted by Crippen LogP contribution is 2.33. The van der Waals surface area contributed by atoms with Crippen molar-refractivity contribution in [2.24, 2.45) is 4.99 Å². The van der Waals surface area contributed by atoms with Gasteiger partial charge in [0.25, 0.3) is 0 Å². The quantitative estimate of drug-likeness (QED) is 0.439. The predicted octanol–water partition coefficient (Wildman–Crippen LogP) is 5.05. The van der Waals surface area contributed by atoms with E-state index in [9.17, 15) is 14.0 Å². The lowest BCUT2D eigenvalue weighted by molar-refractivity contribution is -0.128. The molecule has 7 nitrogen and oxygen atoms in total. The molecule has 2 amide bonds. The number of carbonyl (C=O) groups is 2. The normalized spacial score (nSPS) is 16.3. The van der Waals surface area contributed by atoms with Crippen LogP contribution in [0.4, 0.5) is 15.8 Å². The summed E-state index contributed by atoms with van der Waals surface area (Å²) in [5, 5.41) is 2.67. The first-order valence-electron chi connectivity index (χ1n) is 11.3. The van der Waals surface area contributed by atoms with Crippen LogP contribution in [0.3, 0.4) is 0 Å². The molecule has 3 aromatic carbocycles. The molecule has 1 aliphatic rings. The van der Waals surface area contributed by atoms with E-state index in [1.807, 2.05) is 30.3 Å². The summed E-state index contributed by atoms with van der Waals surface area (Å²) >= 11 is 1.24. The molecule has 1 fully saturated rings. The van der Waals surface area contributed by atoms with Crippen molar-refractivity contribution in [2.45, 2.75) is 18.1 Å². The summed E-state index contributed by atoms with van der Waals surface area (Å²) in [5.74, 6) is 0.437. The summed E-state index contributed by atoms with van der Waals surface area (Å²) in [5.41, 5.74) is 2.10. The minimum absolute atomic E-state index is 0.0248. The number of halogens is 1. The summed E-state index contributed by atoms with van der Waals surface area (Å²) < 4.78 is 23.9. The van der Waals surface area contributed by atoms with Gasteiger partial charge >= 0.3 is 0 Å². The summed E-state index contributed by atoms with van der Waals surface area (Å²) in [6, 6.07) is 20.5. The number of aliphatic imine (C=N–C) groups is 1. The maximum absolute atomic E-state index is 13.4. The van der Waals surface area contributed by atoms with E-state index in [2.05, 4.69) is 10.3 Å². The van der Waals surface area contributed by atoms with Crippen molar-refractivity contribution in [1.82, 2.24) is 4.90 Å². The molecule has 0 saturated carbocycles. The molecule has 4 rings (SSSR count). The van der Waals surface area contributed by atoms with Crippen LogP contribution in [0.15, 0.2) is 77.8 Å². The van der Waals surface area contributed by atoms with Crippen molar-refractivity contribution in [3.05, 3.63) is 84.2 Å². The molecule has 1 aliphatic heterocycles. The molecule has 36 heavy (non-hydrogen) atoms. The lowest BCUT2D eigenvalue weighted by atomic mass is 10.1. The Morgan fingerprint density at radius 3 is 2.44 bits per heavy atom. The van der Waals surface area contributed by atoms with Gasteiger partial charge in [-0.3, -0.25) is 14.5 Å². The summed E-state index contributed by atoms with van der Waals surface area (Å²) in [7, 11) is 3.14. The van der Waals surface area contributed by atoms with Gasteiger partial charge in [-0.05, 0) is 60.5 Å². The first-order chi connectivity index (χ1) is 17.5. The summed E-state index contributed by atoms with van der Waals surface area (Å²) in [6.45, 7) is 0.392. The molecule has 1 saturated heterocycles. The van der Waals surface area contributed by atoms with E-state index in [1.165, 1.54) is 31.0 Å². The smallest absolute Gasteiger partial charge is 0.242 e. The Morgan fingerprint density at radius 1 is 1.03 bits per heavy atom. The van der Waals surface area contributed by atoms with E-state index in [0.717, 1.165) is 11.3 Å². The molecule has 9 heteroatoms. The zero-order valence-corrected chi connectivity index (χ0v) is 20.8. The number of hydrogen-bond donors (Lipinski definition) is 1. The van der Waals surface area contributed by atoms with Crippen LogP contribution in [0.5, 0.6) is 11.5 Å². The number of nitrogens with zero attached hydrogens (tertiary/aromatic N) is 2. The van der Waals surface area contributed by atoms with E-state index in [4.69, 9.17) is 9.47 Å². The topological polar surface area (TPSA) is 80.2 Å². The molecule has 3 aromatic rings. The summed E-state index contributed by atoms with van der Waals surface area (Å²) in [6.07, 6.45) is 0.571. The van der Waals surface area contributed by atoms with Crippen molar-refractivity contribution in [3.8, 4) is 11.5 Å². The first kappa shape index (κ1) is 25.2. The van der Waals surface area contributed by atoms with Gasteiger partial charge in [-0.1, -0.05) is 36.0 Å². The number of methoxy groups -OCH3 is 2. The first-order valence-corrected chi connectivity index (χ1v) is 12.2. The third-order valence-corrected chi connectivity index (χ3v) is 6.78. The molecular formula is C27H26FN3O4S. The van der Waals surface area contributed by atoms with Gasteiger partial charge in [-0.2, -0.15) is 0 Å². The van der Waals surface area contributed by atoms with Crippen LogP contribution in [0, 0.1) is 5.82 Å². The molecular weight excluding hydrogens is 481 g/mol. The fraction of sp³-hybridized carbons (Fsp3) is 0.222. The SMILES string of the molecule is COc1ccc(CCN2C(=O)[C@@H](CC(=O)Nc3ccccc3OC)SC2=Nc2ccc(F)cc2)cc1. The number of thioether (sulfide) groups is 1. The van der Waals surface area contributed by atoms with Gasteiger partial charge in [0.1, 0.15) is 22.6 Å². The van der Waals surface area contributed by atoms with Crippen LogP contribution in [0.1, 0.15) is 12.0 Å². The highest BCUT2D eigenvalue weighted by atomic mass is 32.2. The van der Waals surface area contributed by atoms with Crippen molar-refractivity contribution in [3.63, 3.8) is 0 Å². The number of amidine groups is 1. The lowest BCUT2D eigenvalue weighted by Gasteiger charge is -2.17. The van der Waals surface area contributed by atoms with Gasteiger partial charge in [0.2, 0.25) is 11.8 Å². The fourth-order valence-corrected chi connectivity index (χ4v) is 4.89. The van der Waals surface area contributed by atoms with Crippen LogP contribution in [-0.4, -0.2) is 47.9 Å². The number of ether oxygens (including phenoxy) is 2. The standard InChI is InChI=1S/C27H26FN3O4S/c1-34-21-13-7-18(8-14-21)15-16-31-26(33)24(36-27(31)29-20-11-9-19(28)10-12-20)17-25(32)30-22-5-3-4-6-23(22)35-2/h3-14,24H,15-17H2,1-2H3,(H,30,32)/t24-/m1/s1. The molecule has 0 bridgehead atoms. The molecule has 1 heterocycles. The van der Waals surface area contributed by atoms with Gasteiger partial charge in [-0.25, -0.2) is 9.38 Å². The molecule has 0 spiro atoms. The Bertz CT molecular complexity index is 1250. The molecule has 1 N–H and O–H groups in total. The van der Waals surface area contributed by atoms with E-state index >= 15 is 0 Å². The lowest BCUT2D eigenvalue weighted by Crippen LogP contribution is -2.35. The van der Waals surface area contributed by atoms with Crippen molar-refractivity contribution in [2.75, 3.05) is 26.1 Å². The average molecular weight is 508 g/mol. The van der Waals surface area contributed by atoms with Gasteiger partial charge in [0.15, 0.2) is 5.17 Å². The number of carbonyl (C=O) groups excluding carboxylic acids is 2. The molecule has 0 aromatic heterocycles. The molecule has 1 atom stereocenters. The maximum atomic E-state index is 13.4. The Labute approximate surface area is 213 Å². The fourth-order valence-electron chi connectivity index (χ4n) is 3.71.